The molecule has 3 amide bonds. The van der Waals surface area contributed by atoms with Crippen molar-refractivity contribution in [2.75, 3.05) is 26.2 Å². The number of nitrogens with zero attached hydrogens (tertiary/aromatic N) is 1. The summed E-state index contributed by atoms with van der Waals surface area (Å²) in [6.07, 6.45) is 5.70. The van der Waals surface area contributed by atoms with Gasteiger partial charge in [-0.1, -0.05) is 20.3 Å². The van der Waals surface area contributed by atoms with Crippen molar-refractivity contribution >= 4 is 29.5 Å². The number of aliphatic hydroxyl groups excluding tert-OH is 1. The van der Waals surface area contributed by atoms with Crippen molar-refractivity contribution in [1.82, 2.24) is 15.5 Å². The van der Waals surface area contributed by atoms with Gasteiger partial charge in [0.15, 0.2) is 0 Å². The summed E-state index contributed by atoms with van der Waals surface area (Å²) in [4.78, 5) is 41.3. The zero-order valence-electron chi connectivity index (χ0n) is 17.6. The number of carbonyl (C=O) groups excluding carboxylic acids is 3. The van der Waals surface area contributed by atoms with Crippen LogP contribution in [0.4, 0.5) is 0 Å². The van der Waals surface area contributed by atoms with Crippen LogP contribution in [0.2, 0.25) is 0 Å². The lowest BCUT2D eigenvalue weighted by atomic mass is 9.70. The Morgan fingerprint density at radius 3 is 2.59 bits per heavy atom. The lowest BCUT2D eigenvalue weighted by Crippen LogP contribution is -2.54. The van der Waals surface area contributed by atoms with Gasteiger partial charge in [-0.3, -0.25) is 14.4 Å². The lowest BCUT2D eigenvalue weighted by molar-refractivity contribution is -0.140. The number of rotatable bonds is 11. The number of unbranched alkanes of at least 4 members (excludes halogenated alkanes) is 2. The third-order valence-corrected chi connectivity index (χ3v) is 8.49. The Morgan fingerprint density at radius 1 is 1.14 bits per heavy atom. The van der Waals surface area contributed by atoms with Gasteiger partial charge in [0, 0.05) is 31.5 Å². The Bertz CT molecular complexity index is 631. The Morgan fingerprint density at radius 2 is 1.90 bits per heavy atom. The predicted molar refractivity (Wildman–Crippen MR) is 113 cm³/mol. The molecule has 164 valence electrons. The van der Waals surface area contributed by atoms with Crippen molar-refractivity contribution in [2.45, 2.75) is 74.8 Å². The van der Waals surface area contributed by atoms with Crippen molar-refractivity contribution in [3.63, 3.8) is 0 Å². The molecule has 3 aliphatic heterocycles. The van der Waals surface area contributed by atoms with Crippen molar-refractivity contribution in [2.24, 2.45) is 11.8 Å². The second-order valence-corrected chi connectivity index (χ2v) is 10.1. The number of hydrogen-bond donors (Lipinski definition) is 3. The molecule has 29 heavy (non-hydrogen) atoms. The number of carbonyl (C=O) groups is 3. The summed E-state index contributed by atoms with van der Waals surface area (Å²) < 4.78 is -0.495. The summed E-state index contributed by atoms with van der Waals surface area (Å²) in [7, 11) is 0. The van der Waals surface area contributed by atoms with Crippen LogP contribution in [-0.4, -0.2) is 70.0 Å². The van der Waals surface area contributed by atoms with Gasteiger partial charge in [-0.2, -0.15) is 0 Å². The Labute approximate surface area is 177 Å². The standard InChI is InChI=1S/C21H35N3O4S/c1-3-5-11-23-19(27)17-21-9-8-14(29-21)15(18(26)22-10-4-2)16(21)20(28)24(17)12-6-7-13-25/h14-17,25H,3-13H2,1-2H3,(H,22,26)(H,23,27)/t14-,15+,16+,17?,21?/m1/s1. The van der Waals surface area contributed by atoms with Crippen LogP contribution in [0.25, 0.3) is 0 Å². The average Bonchev–Trinajstić information content (AvgIpc) is 3.34. The Kier molecular flexibility index (Phi) is 7.48. The third-order valence-electron chi connectivity index (χ3n) is 6.54. The van der Waals surface area contributed by atoms with E-state index in [9.17, 15) is 14.4 Å². The third kappa shape index (κ3) is 4.02. The van der Waals surface area contributed by atoms with Crippen LogP contribution in [0.15, 0.2) is 0 Å². The van der Waals surface area contributed by atoms with Crippen molar-refractivity contribution in [3.8, 4) is 0 Å². The molecular weight excluding hydrogens is 390 g/mol. The molecule has 0 saturated carbocycles. The van der Waals surface area contributed by atoms with Crippen molar-refractivity contribution in [1.29, 1.82) is 0 Å². The van der Waals surface area contributed by atoms with E-state index in [1.54, 1.807) is 16.7 Å². The number of amides is 3. The van der Waals surface area contributed by atoms with E-state index in [1.807, 2.05) is 6.92 Å². The van der Waals surface area contributed by atoms with Gasteiger partial charge in [0.1, 0.15) is 6.04 Å². The van der Waals surface area contributed by atoms with Gasteiger partial charge in [0.05, 0.1) is 16.6 Å². The zero-order valence-corrected chi connectivity index (χ0v) is 18.4. The Hall–Kier alpha value is -1.28. The van der Waals surface area contributed by atoms with Crippen LogP contribution in [0.5, 0.6) is 0 Å². The first-order valence-electron chi connectivity index (χ1n) is 11.2. The van der Waals surface area contributed by atoms with Crippen LogP contribution in [0, 0.1) is 11.8 Å². The van der Waals surface area contributed by atoms with E-state index >= 15 is 0 Å². The molecule has 2 bridgehead atoms. The van der Waals surface area contributed by atoms with Gasteiger partial charge in [-0.15, -0.1) is 11.8 Å². The highest BCUT2D eigenvalue weighted by molar-refractivity contribution is 8.02. The SMILES string of the molecule is CCCCNC(=O)C1N(CCCCO)C(=O)[C@@H]2[C@@H](C(=O)NCCC)[C@H]3CCC12S3. The molecule has 0 aromatic rings. The first kappa shape index (κ1) is 22.4. The van der Waals surface area contributed by atoms with Gasteiger partial charge in [0.2, 0.25) is 17.7 Å². The summed E-state index contributed by atoms with van der Waals surface area (Å²) >= 11 is 1.71. The maximum Gasteiger partial charge on any atom is 0.244 e. The van der Waals surface area contributed by atoms with Gasteiger partial charge in [-0.25, -0.2) is 0 Å². The highest BCUT2D eigenvalue weighted by Crippen LogP contribution is 2.66. The number of fused-ring (bicyclic) bond motifs is 1. The topological polar surface area (TPSA) is 98.7 Å². The van der Waals surface area contributed by atoms with Crippen LogP contribution >= 0.6 is 11.8 Å². The number of aliphatic hydroxyl groups is 1. The molecule has 0 radical (unpaired) electrons. The molecule has 3 fully saturated rings. The minimum Gasteiger partial charge on any atom is -0.396 e. The number of hydrogen-bond acceptors (Lipinski definition) is 5. The first-order valence-corrected chi connectivity index (χ1v) is 12.0. The smallest absolute Gasteiger partial charge is 0.244 e. The molecule has 1 spiro atoms. The summed E-state index contributed by atoms with van der Waals surface area (Å²) in [5.74, 6) is -0.932. The Balaban J connectivity index is 1.86. The molecule has 7 nitrogen and oxygen atoms in total. The maximum atomic E-state index is 13.5. The fourth-order valence-corrected chi connectivity index (χ4v) is 7.46. The molecule has 0 aromatic carbocycles. The highest BCUT2D eigenvalue weighted by Gasteiger charge is 2.73. The average molecular weight is 426 g/mol. The van der Waals surface area contributed by atoms with E-state index in [0.717, 1.165) is 32.1 Å². The molecule has 5 atom stereocenters. The fraction of sp³-hybridized carbons (Fsp3) is 0.857. The second kappa shape index (κ2) is 9.69. The van der Waals surface area contributed by atoms with Gasteiger partial charge in [-0.05, 0) is 38.5 Å². The second-order valence-electron chi connectivity index (χ2n) is 8.45. The van der Waals surface area contributed by atoms with Gasteiger partial charge < -0.3 is 20.6 Å². The molecule has 3 heterocycles. The molecule has 3 aliphatic rings. The van der Waals surface area contributed by atoms with Gasteiger partial charge in [0.25, 0.3) is 0 Å². The number of likely N-dealkylation sites (tertiary alicyclic amines) is 1. The minimum absolute atomic E-state index is 0.0355. The zero-order chi connectivity index (χ0) is 21.0. The summed E-state index contributed by atoms with van der Waals surface area (Å²) in [6, 6.07) is -0.519. The molecule has 8 heteroatoms. The minimum atomic E-state index is -0.519. The van der Waals surface area contributed by atoms with E-state index in [4.69, 9.17) is 5.11 Å². The predicted octanol–water partition coefficient (Wildman–Crippen LogP) is 1.29. The maximum absolute atomic E-state index is 13.5. The lowest BCUT2D eigenvalue weighted by Gasteiger charge is -2.34. The van der Waals surface area contributed by atoms with E-state index in [0.29, 0.717) is 32.5 Å². The summed E-state index contributed by atoms with van der Waals surface area (Å²) in [6.45, 7) is 5.84. The fourth-order valence-electron chi connectivity index (χ4n) is 5.24. The normalized spacial score (nSPS) is 32.5. The van der Waals surface area contributed by atoms with Crippen molar-refractivity contribution in [3.05, 3.63) is 0 Å². The molecule has 0 aliphatic carbocycles. The van der Waals surface area contributed by atoms with E-state index < -0.39 is 16.7 Å². The van der Waals surface area contributed by atoms with E-state index in [-0.39, 0.29) is 35.5 Å². The molecule has 2 unspecified atom stereocenters. The van der Waals surface area contributed by atoms with Crippen LogP contribution in [0.3, 0.4) is 0 Å². The number of nitrogens with one attached hydrogen (secondary N) is 2. The van der Waals surface area contributed by atoms with Crippen LogP contribution in [-0.2, 0) is 14.4 Å². The van der Waals surface area contributed by atoms with E-state index in [1.165, 1.54) is 0 Å². The monoisotopic (exact) mass is 425 g/mol. The van der Waals surface area contributed by atoms with E-state index in [2.05, 4.69) is 17.6 Å². The molecule has 3 N–H and O–H groups in total. The highest BCUT2D eigenvalue weighted by atomic mass is 32.2. The summed E-state index contributed by atoms with van der Waals surface area (Å²) in [5.41, 5.74) is 0. The van der Waals surface area contributed by atoms with Crippen LogP contribution in [0.1, 0.15) is 58.8 Å². The molecule has 0 aromatic heterocycles. The van der Waals surface area contributed by atoms with Crippen LogP contribution < -0.4 is 10.6 Å². The molecule has 3 saturated heterocycles. The largest absolute Gasteiger partial charge is 0.396 e. The molecular formula is C21H35N3O4S. The molecule has 3 rings (SSSR count). The first-order chi connectivity index (χ1) is 14.0. The quantitative estimate of drug-likeness (QED) is 0.433. The number of thioether (sulfide) groups is 1. The summed E-state index contributed by atoms with van der Waals surface area (Å²) in [5, 5.41) is 15.3. The van der Waals surface area contributed by atoms with Crippen molar-refractivity contribution < 1.29 is 19.5 Å². The van der Waals surface area contributed by atoms with Gasteiger partial charge >= 0.3 is 0 Å².